The van der Waals surface area contributed by atoms with Crippen molar-refractivity contribution in [2.45, 2.75) is 24.5 Å². The van der Waals surface area contributed by atoms with E-state index in [1.54, 1.807) is 19.9 Å². The van der Waals surface area contributed by atoms with E-state index in [0.717, 1.165) is 31.3 Å². The molecule has 4 N–H and O–H groups in total. The number of nitro groups is 1. The molecule has 0 spiro atoms. The summed E-state index contributed by atoms with van der Waals surface area (Å²) in [5.41, 5.74) is 2.18. The van der Waals surface area contributed by atoms with Crippen LogP contribution in [0.25, 0.3) is 11.6 Å². The van der Waals surface area contributed by atoms with Crippen LogP contribution < -0.4 is 10.2 Å². The third kappa shape index (κ3) is 5.66. The van der Waals surface area contributed by atoms with Gasteiger partial charge < -0.3 is 25.2 Å². The van der Waals surface area contributed by atoms with Crippen molar-refractivity contribution in [1.82, 2.24) is 9.88 Å². The molecule has 1 fully saturated rings. The second-order valence-electron chi connectivity index (χ2n) is 10.8. The molecule has 14 heteroatoms. The van der Waals surface area contributed by atoms with Gasteiger partial charge in [-0.05, 0) is 49.8 Å². The summed E-state index contributed by atoms with van der Waals surface area (Å²) in [5, 5.41) is 23.4. The van der Waals surface area contributed by atoms with Crippen molar-refractivity contribution in [3.05, 3.63) is 85.7 Å². The highest BCUT2D eigenvalue weighted by Gasteiger charge is 2.31. The Kier molecular flexibility index (Phi) is 7.67. The number of carboxylic acids is 1. The van der Waals surface area contributed by atoms with E-state index in [-0.39, 0.29) is 27.5 Å². The van der Waals surface area contributed by atoms with Gasteiger partial charge in [0.05, 0.1) is 65.5 Å². The Morgan fingerprint density at radius 1 is 1.14 bits per heavy atom. The minimum atomic E-state index is -4.15. The first kappa shape index (κ1) is 29.7. The van der Waals surface area contributed by atoms with Crippen molar-refractivity contribution >= 4 is 50.6 Å². The lowest BCUT2D eigenvalue weighted by Crippen LogP contribution is -3.12. The predicted molar refractivity (Wildman–Crippen MR) is 157 cm³/mol. The summed E-state index contributed by atoms with van der Waals surface area (Å²) in [6.07, 6.45) is 1.58. The minimum Gasteiger partial charge on any atom is -0.478 e. The molecule has 0 atom stereocenters. The highest BCUT2D eigenvalue weighted by atomic mass is 32.2. The SMILES string of the molecule is Cc1[nH]c(/C=C2\C(=O)Nc3ccc(S(=O)(=O)Cc4ccc(C(=O)O)cc4[N+](=O)[O-])cc32)c(C)c1C(=O)N1CC[NH+](C)CC1. The maximum atomic E-state index is 13.4. The smallest absolute Gasteiger partial charge is 0.335 e. The van der Waals surface area contributed by atoms with Crippen LogP contribution in [0.3, 0.4) is 0 Å². The number of sulfone groups is 1. The molecule has 43 heavy (non-hydrogen) atoms. The lowest BCUT2D eigenvalue weighted by atomic mass is 10.0. The van der Waals surface area contributed by atoms with E-state index in [1.165, 1.54) is 23.1 Å². The number of aromatic carboxylic acids is 1. The number of nitrogens with one attached hydrogen (secondary N) is 3. The number of nitro benzene ring substituents is 1. The first-order valence-electron chi connectivity index (χ1n) is 13.5. The highest BCUT2D eigenvalue weighted by molar-refractivity contribution is 7.90. The van der Waals surface area contributed by atoms with E-state index in [1.807, 2.05) is 4.90 Å². The van der Waals surface area contributed by atoms with E-state index < -0.39 is 38.1 Å². The van der Waals surface area contributed by atoms with Crippen LogP contribution in [0.1, 0.15) is 48.8 Å². The molecule has 224 valence electrons. The van der Waals surface area contributed by atoms with Crippen LogP contribution >= 0.6 is 0 Å². The second-order valence-corrected chi connectivity index (χ2v) is 12.8. The number of H-pyrrole nitrogens is 1. The molecule has 2 amide bonds. The number of fused-ring (bicyclic) bond motifs is 1. The normalized spacial score (nSPS) is 16.3. The number of benzene rings is 2. The van der Waals surface area contributed by atoms with Gasteiger partial charge in [-0.25, -0.2) is 13.2 Å². The summed E-state index contributed by atoms with van der Waals surface area (Å²) in [5.74, 6) is -2.67. The van der Waals surface area contributed by atoms with Gasteiger partial charge in [0, 0.05) is 34.3 Å². The molecule has 3 heterocycles. The van der Waals surface area contributed by atoms with Gasteiger partial charge in [0.25, 0.3) is 17.5 Å². The Bertz CT molecular complexity index is 1830. The van der Waals surface area contributed by atoms with Crippen LogP contribution in [-0.2, 0) is 20.4 Å². The molecule has 0 bridgehead atoms. The van der Waals surface area contributed by atoms with Gasteiger partial charge in [0.15, 0.2) is 9.84 Å². The number of rotatable bonds is 7. The summed E-state index contributed by atoms with van der Waals surface area (Å²) in [6, 6.07) is 7.12. The number of aromatic amines is 1. The van der Waals surface area contributed by atoms with Gasteiger partial charge in [-0.2, -0.15) is 0 Å². The number of carboxylic acid groups (broad SMARTS) is 1. The zero-order valence-corrected chi connectivity index (χ0v) is 24.5. The number of hydrogen-bond donors (Lipinski definition) is 4. The number of nitrogens with zero attached hydrogens (tertiary/aromatic N) is 2. The lowest BCUT2D eigenvalue weighted by molar-refractivity contribution is -0.883. The van der Waals surface area contributed by atoms with Crippen LogP contribution in [0, 0.1) is 24.0 Å². The van der Waals surface area contributed by atoms with Crippen molar-refractivity contribution in [2.75, 3.05) is 38.5 Å². The molecule has 2 aromatic carbocycles. The van der Waals surface area contributed by atoms with Crippen molar-refractivity contribution < 1.29 is 37.7 Å². The zero-order chi connectivity index (χ0) is 31.2. The average Bonchev–Trinajstić information content (AvgIpc) is 3.41. The van der Waals surface area contributed by atoms with E-state index in [9.17, 15) is 32.9 Å². The number of carbonyl (C=O) groups excluding carboxylic acids is 2. The number of hydrogen-bond acceptors (Lipinski definition) is 7. The van der Waals surface area contributed by atoms with Gasteiger partial charge in [-0.1, -0.05) is 6.07 Å². The molecule has 0 aliphatic carbocycles. The lowest BCUT2D eigenvalue weighted by Gasteiger charge is -2.30. The molecular weight excluding hydrogens is 578 g/mol. The monoisotopic (exact) mass is 608 g/mol. The van der Waals surface area contributed by atoms with E-state index in [0.29, 0.717) is 46.9 Å². The molecule has 1 aromatic heterocycles. The fourth-order valence-corrected chi connectivity index (χ4v) is 6.81. The van der Waals surface area contributed by atoms with Crippen LogP contribution in [0.15, 0.2) is 41.3 Å². The third-order valence-corrected chi connectivity index (χ3v) is 9.55. The van der Waals surface area contributed by atoms with Crippen LogP contribution in [0.4, 0.5) is 11.4 Å². The van der Waals surface area contributed by atoms with Gasteiger partial charge in [0.2, 0.25) is 0 Å². The Morgan fingerprint density at radius 2 is 1.84 bits per heavy atom. The standard InChI is InChI=1S/C29H29N5O8S/c1-16-24(30-17(2)26(16)28(36)33-10-8-32(3)9-11-33)14-22-21-13-20(6-7-23(21)31-27(22)35)43(41,42)15-19-5-4-18(29(37)38)12-25(19)34(39)40/h4-7,12-14,30H,8-11,15H2,1-3H3,(H,31,35)(H,37,38)/p+1/b22-14-. The predicted octanol–water partition coefficient (Wildman–Crippen LogP) is 1.68. The number of quaternary nitrogens is 1. The Balaban J connectivity index is 1.48. The zero-order valence-electron chi connectivity index (χ0n) is 23.7. The fourth-order valence-electron chi connectivity index (χ4n) is 5.41. The molecule has 0 radical (unpaired) electrons. The van der Waals surface area contributed by atoms with Crippen molar-refractivity contribution in [2.24, 2.45) is 0 Å². The maximum Gasteiger partial charge on any atom is 0.335 e. The first-order valence-corrected chi connectivity index (χ1v) is 15.1. The molecule has 0 unspecified atom stereocenters. The number of aryl methyl sites for hydroxylation is 1. The number of piperazine rings is 1. The minimum absolute atomic E-state index is 0.0847. The molecule has 2 aliphatic rings. The number of carbonyl (C=O) groups is 3. The van der Waals surface area contributed by atoms with Crippen LogP contribution in [0.2, 0.25) is 0 Å². The van der Waals surface area contributed by atoms with Crippen LogP contribution in [-0.4, -0.2) is 79.3 Å². The molecule has 1 saturated heterocycles. The van der Waals surface area contributed by atoms with Gasteiger partial charge >= 0.3 is 5.97 Å². The Hall–Kier alpha value is -4.82. The average molecular weight is 609 g/mol. The molecular formula is C29H30N5O8S+. The number of anilines is 1. The molecule has 2 aliphatic heterocycles. The number of likely N-dealkylation sites (N-methyl/N-ethyl adjacent to an activating group) is 1. The molecule has 5 rings (SSSR count). The Morgan fingerprint density at radius 3 is 2.49 bits per heavy atom. The summed E-state index contributed by atoms with van der Waals surface area (Å²) in [4.78, 5) is 54.5. The van der Waals surface area contributed by atoms with Gasteiger partial charge in [-0.15, -0.1) is 0 Å². The number of amides is 2. The van der Waals surface area contributed by atoms with E-state index >= 15 is 0 Å². The highest BCUT2D eigenvalue weighted by Crippen LogP contribution is 2.37. The Labute approximate surface area is 246 Å². The maximum absolute atomic E-state index is 13.4. The number of aromatic nitrogens is 1. The van der Waals surface area contributed by atoms with Gasteiger partial charge in [-0.3, -0.25) is 19.7 Å². The fraction of sp³-hybridized carbons (Fsp3) is 0.276. The summed E-state index contributed by atoms with van der Waals surface area (Å²) >= 11 is 0. The molecule has 0 saturated carbocycles. The second kappa shape index (κ2) is 11.1. The summed E-state index contributed by atoms with van der Waals surface area (Å²) in [7, 11) is -2.07. The quantitative estimate of drug-likeness (QED) is 0.177. The van der Waals surface area contributed by atoms with E-state index in [2.05, 4.69) is 17.3 Å². The van der Waals surface area contributed by atoms with Crippen molar-refractivity contribution in [1.29, 1.82) is 0 Å². The van der Waals surface area contributed by atoms with Gasteiger partial charge in [0.1, 0.15) is 0 Å². The molecule has 3 aromatic rings. The largest absolute Gasteiger partial charge is 0.478 e. The van der Waals surface area contributed by atoms with Crippen molar-refractivity contribution in [3.63, 3.8) is 0 Å². The molecule has 13 nitrogen and oxygen atoms in total. The van der Waals surface area contributed by atoms with Crippen LogP contribution in [0.5, 0.6) is 0 Å². The summed E-state index contributed by atoms with van der Waals surface area (Å²) in [6.45, 7) is 6.58. The van der Waals surface area contributed by atoms with E-state index in [4.69, 9.17) is 5.11 Å². The summed E-state index contributed by atoms with van der Waals surface area (Å²) < 4.78 is 26.8. The van der Waals surface area contributed by atoms with Crippen molar-refractivity contribution in [3.8, 4) is 0 Å². The first-order chi connectivity index (χ1) is 20.3. The third-order valence-electron chi connectivity index (χ3n) is 7.89. The topological polar surface area (TPSA) is 184 Å².